The van der Waals surface area contributed by atoms with Gasteiger partial charge >= 0.3 is 5.97 Å². The first-order valence-electron chi connectivity index (χ1n) is 9.73. The van der Waals surface area contributed by atoms with E-state index < -0.39 is 16.9 Å². The zero-order valence-electron chi connectivity index (χ0n) is 16.7. The summed E-state index contributed by atoms with van der Waals surface area (Å²) in [5.41, 5.74) is -2.02. The molecule has 10 heteroatoms. The molecule has 0 amide bonds. The van der Waals surface area contributed by atoms with Gasteiger partial charge in [-0.3, -0.25) is 4.79 Å². The molecular weight excluding hydrogens is 437 g/mol. The van der Waals surface area contributed by atoms with Crippen LogP contribution >= 0.6 is 21.0 Å². The van der Waals surface area contributed by atoms with E-state index in [1.807, 2.05) is 12.1 Å². The van der Waals surface area contributed by atoms with E-state index >= 15 is 0 Å². The molecule has 2 atom stereocenters. The first kappa shape index (κ1) is 21.8. The SMILES string of the molecule is [B]C(F)(P)Oc1ccc(-n2nc(C(=O)OCC)c(=O)c3c(SC4CC4)cccc32)cc1. The molecule has 0 aliphatic heterocycles. The lowest BCUT2D eigenvalue weighted by Crippen LogP contribution is -2.24. The topological polar surface area (TPSA) is 70.4 Å². The zero-order valence-corrected chi connectivity index (χ0v) is 18.7. The monoisotopic (exact) mass is 456 g/mol. The quantitative estimate of drug-likeness (QED) is 0.306. The van der Waals surface area contributed by atoms with Crippen molar-refractivity contribution in [3.63, 3.8) is 0 Å². The van der Waals surface area contributed by atoms with Crippen LogP contribution in [0.1, 0.15) is 30.3 Å². The molecule has 6 nitrogen and oxygen atoms in total. The number of thioether (sulfide) groups is 1. The Bertz CT molecular complexity index is 1190. The number of benzene rings is 2. The van der Waals surface area contributed by atoms with E-state index in [9.17, 15) is 14.0 Å². The van der Waals surface area contributed by atoms with Crippen molar-refractivity contribution in [2.75, 3.05) is 6.61 Å². The number of fused-ring (bicyclic) bond motifs is 1. The number of esters is 1. The van der Waals surface area contributed by atoms with E-state index in [0.717, 1.165) is 17.7 Å². The van der Waals surface area contributed by atoms with Crippen LogP contribution in [0.25, 0.3) is 16.6 Å². The van der Waals surface area contributed by atoms with Gasteiger partial charge in [0.05, 0.1) is 23.2 Å². The number of rotatable bonds is 7. The normalized spacial score (nSPS) is 15.5. The van der Waals surface area contributed by atoms with E-state index in [1.54, 1.807) is 46.1 Å². The van der Waals surface area contributed by atoms with Crippen LogP contribution in [0.2, 0.25) is 0 Å². The second kappa shape index (κ2) is 8.63. The third kappa shape index (κ3) is 4.94. The summed E-state index contributed by atoms with van der Waals surface area (Å²) in [5.74, 6) is -0.563. The highest BCUT2D eigenvalue weighted by molar-refractivity contribution is 8.00. The van der Waals surface area contributed by atoms with Crippen molar-refractivity contribution in [2.45, 2.75) is 35.4 Å². The Hall–Kier alpha value is -2.38. The van der Waals surface area contributed by atoms with Gasteiger partial charge in [-0.1, -0.05) is 15.3 Å². The van der Waals surface area contributed by atoms with Crippen LogP contribution in [-0.4, -0.2) is 40.9 Å². The molecule has 2 aromatic carbocycles. The molecule has 2 unspecified atom stereocenters. The second-order valence-electron chi connectivity index (χ2n) is 7.07. The van der Waals surface area contributed by atoms with Gasteiger partial charge in [0.25, 0.3) is 0 Å². The van der Waals surface area contributed by atoms with Crippen LogP contribution < -0.4 is 10.2 Å². The van der Waals surface area contributed by atoms with Gasteiger partial charge in [-0.25, -0.2) is 13.9 Å². The fourth-order valence-corrected chi connectivity index (χ4v) is 4.41. The summed E-state index contributed by atoms with van der Waals surface area (Å²) in [6.45, 7) is 1.79. The molecule has 31 heavy (non-hydrogen) atoms. The lowest BCUT2D eigenvalue weighted by atomic mass is 10.1. The molecule has 1 aliphatic rings. The van der Waals surface area contributed by atoms with E-state index in [-0.39, 0.29) is 18.1 Å². The highest BCUT2D eigenvalue weighted by Crippen LogP contribution is 2.41. The molecule has 0 saturated heterocycles. The van der Waals surface area contributed by atoms with Gasteiger partial charge in [0.2, 0.25) is 16.6 Å². The van der Waals surface area contributed by atoms with Gasteiger partial charge in [0.15, 0.2) is 7.85 Å². The van der Waals surface area contributed by atoms with Crippen molar-refractivity contribution in [1.29, 1.82) is 0 Å². The molecule has 4 rings (SSSR count). The Morgan fingerprint density at radius 2 is 2.03 bits per heavy atom. The van der Waals surface area contributed by atoms with Crippen LogP contribution in [0.4, 0.5) is 4.39 Å². The molecule has 1 aliphatic carbocycles. The Kier molecular flexibility index (Phi) is 6.08. The first-order valence-corrected chi connectivity index (χ1v) is 11.2. The largest absolute Gasteiger partial charge is 0.465 e. The number of nitrogens with zero attached hydrogens (tertiary/aromatic N) is 2. The molecule has 1 saturated carbocycles. The van der Waals surface area contributed by atoms with Crippen molar-refractivity contribution in [2.24, 2.45) is 0 Å². The summed E-state index contributed by atoms with van der Waals surface area (Å²) in [4.78, 5) is 26.5. The summed E-state index contributed by atoms with van der Waals surface area (Å²) >= 11 is 1.63. The van der Waals surface area contributed by atoms with Crippen molar-refractivity contribution in [3.05, 3.63) is 58.4 Å². The predicted octanol–water partition coefficient (Wildman–Crippen LogP) is 3.82. The summed E-state index contributed by atoms with van der Waals surface area (Å²) in [5, 5.41) is 5.20. The second-order valence-corrected chi connectivity index (χ2v) is 9.20. The minimum absolute atomic E-state index is 0.127. The number of hydrogen-bond acceptors (Lipinski definition) is 6. The van der Waals surface area contributed by atoms with Crippen LogP contribution in [0.15, 0.2) is 52.2 Å². The van der Waals surface area contributed by atoms with E-state index in [2.05, 4.69) is 5.10 Å². The molecule has 158 valence electrons. The third-order valence-corrected chi connectivity index (χ3v) is 6.03. The van der Waals surface area contributed by atoms with Crippen LogP contribution in [0.3, 0.4) is 0 Å². The molecule has 3 aromatic rings. The Labute approximate surface area is 186 Å². The van der Waals surface area contributed by atoms with Crippen molar-refractivity contribution in [3.8, 4) is 11.4 Å². The van der Waals surface area contributed by atoms with Crippen LogP contribution in [0.5, 0.6) is 5.75 Å². The lowest BCUT2D eigenvalue weighted by Gasteiger charge is -2.18. The highest BCUT2D eigenvalue weighted by atomic mass is 32.2. The number of carbonyl (C=O) groups is 1. The average molecular weight is 456 g/mol. The van der Waals surface area contributed by atoms with Gasteiger partial charge in [-0.2, -0.15) is 5.10 Å². The molecule has 0 bridgehead atoms. The third-order valence-electron chi connectivity index (χ3n) is 4.52. The van der Waals surface area contributed by atoms with E-state index in [1.165, 1.54) is 16.8 Å². The van der Waals surface area contributed by atoms with Crippen LogP contribution in [0, 0.1) is 0 Å². The van der Waals surface area contributed by atoms with E-state index in [0.29, 0.717) is 21.8 Å². The predicted molar refractivity (Wildman–Crippen MR) is 122 cm³/mol. The van der Waals surface area contributed by atoms with Gasteiger partial charge in [-0.05, 0) is 56.2 Å². The van der Waals surface area contributed by atoms with Crippen molar-refractivity contribution >= 4 is 45.7 Å². The number of halogens is 1. The summed E-state index contributed by atoms with van der Waals surface area (Å²) in [6.07, 6.45) is 2.19. The molecule has 1 aromatic heterocycles. The van der Waals surface area contributed by atoms with Crippen molar-refractivity contribution in [1.82, 2.24) is 9.78 Å². The molecule has 0 spiro atoms. The summed E-state index contributed by atoms with van der Waals surface area (Å²) < 4.78 is 25.1. The number of carbonyl (C=O) groups excluding carboxylic acids is 1. The highest BCUT2D eigenvalue weighted by Gasteiger charge is 2.26. The standard InChI is InChI=1S/C21H19BFN2O4PS/c1-2-28-20(27)18-19(26)17-15(4-3-5-16(17)31-14-10-11-14)25(24-18)12-6-8-13(9-7-12)29-21(22,23)30/h3-9,14H,2,10-11,30H2,1H3. The number of hydrogen-bond donors (Lipinski definition) is 0. The zero-order chi connectivity index (χ0) is 22.2. The van der Waals surface area contributed by atoms with Crippen molar-refractivity contribution < 1.29 is 18.7 Å². The van der Waals surface area contributed by atoms with Gasteiger partial charge in [-0.15, -0.1) is 11.8 Å². The van der Waals surface area contributed by atoms with Gasteiger partial charge in [0, 0.05) is 10.1 Å². The summed E-state index contributed by atoms with van der Waals surface area (Å²) in [6, 6.07) is 11.8. The maximum absolute atomic E-state index is 13.5. The van der Waals surface area contributed by atoms with Gasteiger partial charge < -0.3 is 9.47 Å². The summed E-state index contributed by atoms with van der Waals surface area (Å²) in [7, 11) is 6.97. The molecule has 1 heterocycles. The smallest absolute Gasteiger partial charge is 0.362 e. The molecule has 0 N–H and O–H groups in total. The maximum atomic E-state index is 13.5. The first-order chi connectivity index (χ1) is 14.8. The fraction of sp³-hybridized carbons (Fsp3) is 0.286. The number of alkyl halides is 1. The molecule has 2 radical (unpaired) electrons. The van der Waals surface area contributed by atoms with Gasteiger partial charge in [0.1, 0.15) is 5.75 Å². The fourth-order valence-electron chi connectivity index (χ4n) is 3.07. The molecule has 1 fully saturated rings. The maximum Gasteiger partial charge on any atom is 0.362 e. The minimum atomic E-state index is -2.39. The lowest BCUT2D eigenvalue weighted by molar-refractivity contribution is 0.0516. The van der Waals surface area contributed by atoms with Crippen LogP contribution in [-0.2, 0) is 4.74 Å². The molecular formula is C21H19BFN2O4PS. The minimum Gasteiger partial charge on any atom is -0.465 e. The van der Waals surface area contributed by atoms with E-state index in [4.69, 9.17) is 17.3 Å². The number of aromatic nitrogens is 2. The number of ether oxygens (including phenoxy) is 2. The Balaban J connectivity index is 1.88. The average Bonchev–Trinajstić information content (AvgIpc) is 3.52. The Morgan fingerprint density at radius 1 is 1.32 bits per heavy atom. The Morgan fingerprint density at radius 3 is 2.65 bits per heavy atom.